The SMILES string of the molecule is CC(C)(C)C1CCC(N(Cc2ccccc2)Cc2ccc(OC(F)(F)F)cc2)CC1. The normalized spacial score (nSPS) is 20.4. The molecule has 30 heavy (non-hydrogen) atoms. The molecule has 0 heterocycles. The van der Waals surface area contributed by atoms with Crippen LogP contribution in [0.5, 0.6) is 5.75 Å². The van der Waals surface area contributed by atoms with Crippen LogP contribution < -0.4 is 4.74 Å². The van der Waals surface area contributed by atoms with E-state index in [-0.39, 0.29) is 5.75 Å². The standard InChI is InChI=1S/C25H32F3NO/c1-24(2,3)21-11-13-22(14-12-21)29(17-19-7-5-4-6-8-19)18-20-9-15-23(16-10-20)30-25(26,27)28/h4-10,15-16,21-22H,11-14,17-18H2,1-3H3. The van der Waals surface area contributed by atoms with Gasteiger partial charge in [-0.05, 0) is 60.3 Å². The average Bonchev–Trinajstić information content (AvgIpc) is 2.68. The van der Waals surface area contributed by atoms with Gasteiger partial charge >= 0.3 is 6.36 Å². The number of rotatable bonds is 6. The third-order valence-corrected chi connectivity index (χ3v) is 6.21. The van der Waals surface area contributed by atoms with Crippen molar-refractivity contribution >= 4 is 0 Å². The van der Waals surface area contributed by atoms with Crippen molar-refractivity contribution in [1.82, 2.24) is 4.90 Å². The van der Waals surface area contributed by atoms with E-state index in [0.717, 1.165) is 30.9 Å². The van der Waals surface area contributed by atoms with E-state index in [4.69, 9.17) is 0 Å². The highest BCUT2D eigenvalue weighted by Crippen LogP contribution is 2.39. The van der Waals surface area contributed by atoms with E-state index in [0.29, 0.717) is 18.0 Å². The molecule has 2 aromatic carbocycles. The number of hydrogen-bond acceptors (Lipinski definition) is 2. The average molecular weight is 420 g/mol. The van der Waals surface area contributed by atoms with Crippen LogP contribution in [0.3, 0.4) is 0 Å². The smallest absolute Gasteiger partial charge is 0.406 e. The van der Waals surface area contributed by atoms with Crippen molar-refractivity contribution in [1.29, 1.82) is 0 Å². The summed E-state index contributed by atoms with van der Waals surface area (Å²) in [4.78, 5) is 2.48. The second-order valence-corrected chi connectivity index (χ2v) is 9.45. The first kappa shape index (κ1) is 22.7. The van der Waals surface area contributed by atoms with E-state index in [1.54, 1.807) is 12.1 Å². The van der Waals surface area contributed by atoms with Crippen LogP contribution in [0.4, 0.5) is 13.2 Å². The van der Waals surface area contributed by atoms with Crippen molar-refractivity contribution in [2.24, 2.45) is 11.3 Å². The van der Waals surface area contributed by atoms with Gasteiger partial charge in [0.15, 0.2) is 0 Å². The first-order valence-electron chi connectivity index (χ1n) is 10.7. The molecule has 5 heteroatoms. The Bertz CT molecular complexity index is 773. The number of nitrogens with zero attached hydrogens (tertiary/aromatic N) is 1. The summed E-state index contributed by atoms with van der Waals surface area (Å²) >= 11 is 0. The molecule has 1 aliphatic carbocycles. The van der Waals surface area contributed by atoms with Crippen LogP contribution in [0.15, 0.2) is 54.6 Å². The van der Waals surface area contributed by atoms with Gasteiger partial charge in [-0.15, -0.1) is 13.2 Å². The van der Waals surface area contributed by atoms with E-state index in [2.05, 4.69) is 42.5 Å². The van der Waals surface area contributed by atoms with Gasteiger partial charge in [-0.1, -0.05) is 63.2 Å². The molecule has 2 aromatic rings. The summed E-state index contributed by atoms with van der Waals surface area (Å²) in [7, 11) is 0. The van der Waals surface area contributed by atoms with E-state index >= 15 is 0 Å². The van der Waals surface area contributed by atoms with Gasteiger partial charge in [0, 0.05) is 19.1 Å². The molecule has 0 bridgehead atoms. The highest BCUT2D eigenvalue weighted by molar-refractivity contribution is 5.27. The van der Waals surface area contributed by atoms with Crippen molar-refractivity contribution in [2.45, 2.75) is 71.9 Å². The Morgan fingerprint density at radius 3 is 1.83 bits per heavy atom. The molecule has 0 N–H and O–H groups in total. The maximum absolute atomic E-state index is 12.4. The third-order valence-electron chi connectivity index (χ3n) is 6.21. The fourth-order valence-electron chi connectivity index (χ4n) is 4.47. The largest absolute Gasteiger partial charge is 0.573 e. The van der Waals surface area contributed by atoms with Crippen molar-refractivity contribution in [3.8, 4) is 5.75 Å². The van der Waals surface area contributed by atoms with Crippen molar-refractivity contribution in [3.63, 3.8) is 0 Å². The van der Waals surface area contributed by atoms with E-state index in [9.17, 15) is 13.2 Å². The summed E-state index contributed by atoms with van der Waals surface area (Å²) in [6.07, 6.45) is 0.0935. The van der Waals surface area contributed by atoms with Gasteiger partial charge in [0.25, 0.3) is 0 Å². The lowest BCUT2D eigenvalue weighted by Gasteiger charge is -2.41. The number of hydrogen-bond donors (Lipinski definition) is 0. The Balaban J connectivity index is 1.70. The summed E-state index contributed by atoms with van der Waals surface area (Å²) in [5.74, 6) is 0.567. The minimum atomic E-state index is -4.66. The Labute approximate surface area is 178 Å². The fourth-order valence-corrected chi connectivity index (χ4v) is 4.47. The molecule has 3 rings (SSSR count). The fraction of sp³-hybridized carbons (Fsp3) is 0.520. The maximum atomic E-state index is 12.4. The Morgan fingerprint density at radius 1 is 0.800 bits per heavy atom. The van der Waals surface area contributed by atoms with Crippen molar-refractivity contribution in [2.75, 3.05) is 0 Å². The van der Waals surface area contributed by atoms with Crippen molar-refractivity contribution in [3.05, 3.63) is 65.7 Å². The molecule has 0 atom stereocenters. The molecule has 1 aliphatic rings. The topological polar surface area (TPSA) is 12.5 Å². The van der Waals surface area contributed by atoms with Crippen LogP contribution in [-0.2, 0) is 13.1 Å². The molecule has 0 unspecified atom stereocenters. The van der Waals surface area contributed by atoms with Gasteiger partial charge in [-0.2, -0.15) is 0 Å². The zero-order valence-corrected chi connectivity index (χ0v) is 18.1. The summed E-state index contributed by atoms with van der Waals surface area (Å²) in [5.41, 5.74) is 2.59. The molecule has 0 spiro atoms. The summed E-state index contributed by atoms with van der Waals surface area (Å²) in [5, 5.41) is 0. The molecule has 0 radical (unpaired) electrons. The minimum Gasteiger partial charge on any atom is -0.406 e. The number of ether oxygens (including phenoxy) is 1. The third kappa shape index (κ3) is 6.76. The highest BCUT2D eigenvalue weighted by Gasteiger charge is 2.32. The summed E-state index contributed by atoms with van der Waals surface area (Å²) in [6, 6.07) is 17.1. The van der Waals surface area contributed by atoms with Gasteiger partial charge in [-0.25, -0.2) is 0 Å². The zero-order chi connectivity index (χ0) is 21.8. The van der Waals surface area contributed by atoms with Crippen LogP contribution in [0.2, 0.25) is 0 Å². The molecular formula is C25H32F3NO. The lowest BCUT2D eigenvalue weighted by molar-refractivity contribution is -0.274. The van der Waals surface area contributed by atoms with Crippen LogP contribution in [0.1, 0.15) is 57.6 Å². The van der Waals surface area contributed by atoms with Crippen LogP contribution >= 0.6 is 0 Å². The predicted octanol–water partition coefficient (Wildman–Crippen LogP) is 7.19. The molecule has 0 saturated heterocycles. The highest BCUT2D eigenvalue weighted by atomic mass is 19.4. The molecule has 0 amide bonds. The van der Waals surface area contributed by atoms with Gasteiger partial charge in [0.1, 0.15) is 5.75 Å². The van der Waals surface area contributed by atoms with Crippen molar-refractivity contribution < 1.29 is 17.9 Å². The van der Waals surface area contributed by atoms with E-state index < -0.39 is 6.36 Å². The second-order valence-electron chi connectivity index (χ2n) is 9.45. The second kappa shape index (κ2) is 9.42. The lowest BCUT2D eigenvalue weighted by atomic mass is 9.71. The Kier molecular flexibility index (Phi) is 7.12. The molecule has 164 valence electrons. The number of benzene rings is 2. The van der Waals surface area contributed by atoms with Gasteiger partial charge in [-0.3, -0.25) is 4.90 Å². The summed E-state index contributed by atoms with van der Waals surface area (Å²) in [6.45, 7) is 8.53. The molecule has 1 fully saturated rings. The number of alkyl halides is 3. The Hall–Kier alpha value is -2.01. The summed E-state index contributed by atoms with van der Waals surface area (Å²) < 4.78 is 41.3. The zero-order valence-electron chi connectivity index (χ0n) is 18.1. The van der Waals surface area contributed by atoms with Crippen LogP contribution in [0, 0.1) is 11.3 Å². The lowest BCUT2D eigenvalue weighted by Crippen LogP contribution is -2.39. The monoisotopic (exact) mass is 419 g/mol. The van der Waals surface area contributed by atoms with Gasteiger partial charge < -0.3 is 4.74 Å². The van der Waals surface area contributed by atoms with Gasteiger partial charge in [0.2, 0.25) is 0 Å². The molecule has 2 nitrogen and oxygen atoms in total. The first-order valence-corrected chi connectivity index (χ1v) is 10.7. The maximum Gasteiger partial charge on any atom is 0.573 e. The molecule has 1 saturated carbocycles. The Morgan fingerprint density at radius 2 is 1.33 bits per heavy atom. The molecule has 0 aliphatic heterocycles. The first-order chi connectivity index (χ1) is 14.1. The minimum absolute atomic E-state index is 0.174. The van der Waals surface area contributed by atoms with E-state index in [1.165, 1.54) is 30.5 Å². The molecular weight excluding hydrogens is 387 g/mol. The van der Waals surface area contributed by atoms with Crippen LogP contribution in [0.25, 0.3) is 0 Å². The quantitative estimate of drug-likeness (QED) is 0.491. The van der Waals surface area contributed by atoms with Crippen LogP contribution in [-0.4, -0.2) is 17.3 Å². The van der Waals surface area contributed by atoms with Gasteiger partial charge in [0.05, 0.1) is 0 Å². The molecule has 0 aromatic heterocycles. The number of halogens is 3. The van der Waals surface area contributed by atoms with E-state index in [1.807, 2.05) is 18.2 Å². The predicted molar refractivity (Wildman–Crippen MR) is 114 cm³/mol.